The smallest absolute Gasteiger partial charge is 0.269 e. The molecule has 0 aromatic carbocycles. The number of azide groups is 1. The van der Waals surface area contributed by atoms with Gasteiger partial charge in [-0.3, -0.25) is 9.48 Å². The molecule has 7 nitrogen and oxygen atoms in total. The molecule has 0 aliphatic heterocycles. The summed E-state index contributed by atoms with van der Waals surface area (Å²) in [6, 6.07) is 1.61. The van der Waals surface area contributed by atoms with Crippen LogP contribution in [0.5, 0.6) is 0 Å². The van der Waals surface area contributed by atoms with Crippen LogP contribution in [0.2, 0.25) is 0 Å². The van der Waals surface area contributed by atoms with Crippen LogP contribution in [0.25, 0.3) is 10.4 Å². The Labute approximate surface area is 80.3 Å². The van der Waals surface area contributed by atoms with Gasteiger partial charge >= 0.3 is 0 Å². The van der Waals surface area contributed by atoms with Crippen molar-refractivity contribution in [2.45, 2.75) is 0 Å². The summed E-state index contributed by atoms with van der Waals surface area (Å²) in [6.07, 6.45) is 1.54. The van der Waals surface area contributed by atoms with Crippen LogP contribution >= 0.6 is 0 Å². The number of carbonyl (C=O) groups is 1. The largest absolute Gasteiger partial charge is 0.351 e. The first kappa shape index (κ1) is 10.1. The van der Waals surface area contributed by atoms with Crippen molar-refractivity contribution in [3.63, 3.8) is 0 Å². The molecule has 1 rings (SSSR count). The van der Waals surface area contributed by atoms with Gasteiger partial charge in [-0.2, -0.15) is 5.10 Å². The zero-order chi connectivity index (χ0) is 10.4. The summed E-state index contributed by atoms with van der Waals surface area (Å²) < 4.78 is 1.48. The molecule has 0 bridgehead atoms. The van der Waals surface area contributed by atoms with Crippen molar-refractivity contribution in [3.05, 3.63) is 28.4 Å². The van der Waals surface area contributed by atoms with Crippen molar-refractivity contribution < 1.29 is 4.79 Å². The second kappa shape index (κ2) is 4.88. The van der Waals surface area contributed by atoms with Gasteiger partial charge < -0.3 is 5.32 Å². The van der Waals surface area contributed by atoms with Gasteiger partial charge in [0, 0.05) is 31.2 Å². The molecule has 14 heavy (non-hydrogen) atoms. The maximum Gasteiger partial charge on any atom is 0.269 e. The van der Waals surface area contributed by atoms with E-state index in [4.69, 9.17) is 5.53 Å². The van der Waals surface area contributed by atoms with Crippen molar-refractivity contribution in [3.8, 4) is 0 Å². The molecule has 0 spiro atoms. The molecular weight excluding hydrogens is 184 g/mol. The second-order valence-corrected chi connectivity index (χ2v) is 2.55. The highest BCUT2D eigenvalue weighted by Gasteiger charge is 2.07. The van der Waals surface area contributed by atoms with Crippen molar-refractivity contribution in [1.29, 1.82) is 0 Å². The predicted octanol–water partition coefficient (Wildman–Crippen LogP) is 0.460. The lowest BCUT2D eigenvalue weighted by atomic mass is 10.4. The average Bonchev–Trinajstić information content (AvgIpc) is 2.59. The Morgan fingerprint density at radius 2 is 2.64 bits per heavy atom. The Morgan fingerprint density at radius 1 is 1.86 bits per heavy atom. The fourth-order valence-corrected chi connectivity index (χ4v) is 0.951. The van der Waals surface area contributed by atoms with Gasteiger partial charge in [0.15, 0.2) is 0 Å². The van der Waals surface area contributed by atoms with Crippen LogP contribution in [0.1, 0.15) is 10.5 Å². The maximum absolute atomic E-state index is 11.4. The summed E-state index contributed by atoms with van der Waals surface area (Å²) in [4.78, 5) is 14.0. The lowest BCUT2D eigenvalue weighted by Gasteiger charge is -2.02. The van der Waals surface area contributed by atoms with Gasteiger partial charge in [0.25, 0.3) is 5.91 Å². The van der Waals surface area contributed by atoms with E-state index < -0.39 is 0 Å². The minimum Gasteiger partial charge on any atom is -0.351 e. The molecule has 1 heterocycles. The minimum atomic E-state index is -0.224. The summed E-state index contributed by atoms with van der Waals surface area (Å²) >= 11 is 0. The van der Waals surface area contributed by atoms with Gasteiger partial charge in [0.2, 0.25) is 0 Å². The summed E-state index contributed by atoms with van der Waals surface area (Å²) in [5.41, 5.74) is 8.47. The highest BCUT2D eigenvalue weighted by Crippen LogP contribution is 1.94. The molecule has 0 aliphatic rings. The van der Waals surface area contributed by atoms with Crippen LogP contribution in [-0.4, -0.2) is 28.8 Å². The molecule has 0 unspecified atom stereocenters. The first-order valence-corrected chi connectivity index (χ1v) is 4.02. The molecule has 1 N–H and O–H groups in total. The lowest BCUT2D eigenvalue weighted by Crippen LogP contribution is -2.27. The summed E-state index contributed by atoms with van der Waals surface area (Å²) in [6.45, 7) is 0.578. The van der Waals surface area contributed by atoms with Gasteiger partial charge in [-0.15, -0.1) is 0 Å². The van der Waals surface area contributed by atoms with Crippen molar-refractivity contribution >= 4 is 5.91 Å². The standard InChI is InChI=1S/C7H10N6O/c1-13-6(2-3-11-13)7(14)9-4-5-10-12-8/h2-3H,4-5H2,1H3,(H,9,14). The van der Waals surface area contributed by atoms with Crippen LogP contribution in [0.4, 0.5) is 0 Å². The summed E-state index contributed by atoms with van der Waals surface area (Å²) in [5, 5.41) is 9.74. The topological polar surface area (TPSA) is 95.7 Å². The Balaban J connectivity index is 2.43. The third kappa shape index (κ3) is 2.49. The number of nitrogens with zero attached hydrogens (tertiary/aromatic N) is 5. The van der Waals surface area contributed by atoms with Crippen LogP contribution < -0.4 is 5.32 Å². The van der Waals surface area contributed by atoms with Crippen LogP contribution in [0.3, 0.4) is 0 Å². The Hall–Kier alpha value is -2.01. The quantitative estimate of drug-likeness (QED) is 0.326. The molecular formula is C7H10N6O. The number of nitrogens with one attached hydrogen (secondary N) is 1. The van der Waals surface area contributed by atoms with E-state index >= 15 is 0 Å². The molecule has 0 aliphatic carbocycles. The average molecular weight is 194 g/mol. The summed E-state index contributed by atoms with van der Waals surface area (Å²) in [7, 11) is 1.68. The van der Waals surface area contributed by atoms with Gasteiger partial charge in [0.05, 0.1) is 0 Å². The van der Waals surface area contributed by atoms with Crippen LogP contribution in [0, 0.1) is 0 Å². The Kier molecular flexibility index (Phi) is 3.51. The number of hydrogen-bond donors (Lipinski definition) is 1. The molecule has 0 radical (unpaired) electrons. The highest BCUT2D eigenvalue weighted by molar-refractivity contribution is 5.92. The fraction of sp³-hybridized carbons (Fsp3) is 0.429. The first-order valence-electron chi connectivity index (χ1n) is 4.02. The van der Waals surface area contributed by atoms with Crippen molar-refractivity contribution in [2.75, 3.05) is 13.1 Å². The SMILES string of the molecule is Cn1nccc1C(=O)NCCN=[N+]=[N-]. The zero-order valence-electron chi connectivity index (χ0n) is 7.71. The maximum atomic E-state index is 11.4. The molecule has 0 atom stereocenters. The second-order valence-electron chi connectivity index (χ2n) is 2.55. The van der Waals surface area contributed by atoms with E-state index in [1.165, 1.54) is 4.68 Å². The van der Waals surface area contributed by atoms with Gasteiger partial charge in [-0.05, 0) is 11.6 Å². The van der Waals surface area contributed by atoms with Gasteiger partial charge in [0.1, 0.15) is 5.69 Å². The number of amides is 1. The Bertz CT molecular complexity index is 364. The Morgan fingerprint density at radius 3 is 3.21 bits per heavy atom. The predicted molar refractivity (Wildman–Crippen MR) is 49.6 cm³/mol. The van der Waals surface area contributed by atoms with E-state index in [9.17, 15) is 4.79 Å². The minimum absolute atomic E-state index is 0.224. The molecule has 0 saturated heterocycles. The normalized spacial score (nSPS) is 9.21. The molecule has 1 aromatic rings. The van der Waals surface area contributed by atoms with Crippen LogP contribution in [0.15, 0.2) is 17.4 Å². The highest BCUT2D eigenvalue weighted by atomic mass is 16.2. The lowest BCUT2D eigenvalue weighted by molar-refractivity contribution is 0.0945. The number of hydrogen-bond acceptors (Lipinski definition) is 3. The molecule has 0 saturated carbocycles. The third-order valence-corrected chi connectivity index (χ3v) is 1.61. The fourth-order valence-electron chi connectivity index (χ4n) is 0.951. The van der Waals surface area contributed by atoms with Crippen LogP contribution in [-0.2, 0) is 7.05 Å². The zero-order valence-corrected chi connectivity index (χ0v) is 7.71. The number of rotatable bonds is 4. The number of aryl methyl sites for hydroxylation is 1. The van der Waals surface area contributed by atoms with Gasteiger partial charge in [-0.1, -0.05) is 5.11 Å². The van der Waals surface area contributed by atoms with E-state index in [1.54, 1.807) is 19.3 Å². The van der Waals surface area contributed by atoms with Gasteiger partial charge in [-0.25, -0.2) is 0 Å². The third-order valence-electron chi connectivity index (χ3n) is 1.61. The first-order chi connectivity index (χ1) is 6.75. The van der Waals surface area contributed by atoms with E-state index in [2.05, 4.69) is 20.4 Å². The van der Waals surface area contributed by atoms with E-state index in [0.29, 0.717) is 12.2 Å². The molecule has 1 amide bonds. The van der Waals surface area contributed by atoms with Crippen molar-refractivity contribution in [2.24, 2.45) is 12.2 Å². The van der Waals surface area contributed by atoms with E-state index in [0.717, 1.165) is 0 Å². The monoisotopic (exact) mass is 194 g/mol. The van der Waals surface area contributed by atoms with E-state index in [1.807, 2.05) is 0 Å². The summed E-state index contributed by atoms with van der Waals surface area (Å²) in [5.74, 6) is -0.224. The molecule has 0 fully saturated rings. The van der Waals surface area contributed by atoms with Crippen molar-refractivity contribution in [1.82, 2.24) is 15.1 Å². The molecule has 1 aromatic heterocycles. The molecule has 74 valence electrons. The van der Waals surface area contributed by atoms with E-state index in [-0.39, 0.29) is 12.5 Å². The molecule has 7 heteroatoms. The number of aromatic nitrogens is 2. The number of carbonyl (C=O) groups excluding carboxylic acids is 1.